The largest absolute Gasteiger partial charge is 0.314 e. The average Bonchev–Trinajstić information content (AvgIpc) is 2.65. The van der Waals surface area contributed by atoms with Crippen molar-refractivity contribution < 1.29 is 0 Å². The molecule has 0 heterocycles. The van der Waals surface area contributed by atoms with E-state index in [1.807, 2.05) is 11.8 Å². The topological polar surface area (TPSA) is 12.0 Å². The fourth-order valence-electron chi connectivity index (χ4n) is 2.24. The van der Waals surface area contributed by atoms with Gasteiger partial charge in [-0.05, 0) is 44.4 Å². The van der Waals surface area contributed by atoms with Crippen LogP contribution < -0.4 is 5.32 Å². The van der Waals surface area contributed by atoms with Crippen molar-refractivity contribution in [3.05, 3.63) is 0 Å². The van der Waals surface area contributed by atoms with Crippen molar-refractivity contribution in [1.82, 2.24) is 5.32 Å². The third-order valence-corrected chi connectivity index (χ3v) is 4.55. The maximum atomic E-state index is 3.70. The molecule has 0 amide bonds. The highest BCUT2D eigenvalue weighted by Crippen LogP contribution is 2.27. The molecule has 3 unspecified atom stereocenters. The van der Waals surface area contributed by atoms with E-state index in [-0.39, 0.29) is 0 Å². The zero-order chi connectivity index (χ0) is 10.4. The standard InChI is InChI=1S/C12H25NS/c1-4-11-5-6-12(9-11)13-8-7-10(2)14-3/h10-13H,4-9H2,1-3H3. The van der Waals surface area contributed by atoms with Gasteiger partial charge in [0.05, 0.1) is 0 Å². The molecule has 1 N–H and O–H groups in total. The number of nitrogens with one attached hydrogen (secondary N) is 1. The number of hydrogen-bond acceptors (Lipinski definition) is 2. The Morgan fingerprint density at radius 1 is 1.43 bits per heavy atom. The van der Waals surface area contributed by atoms with Crippen LogP contribution in [0.5, 0.6) is 0 Å². The molecule has 3 atom stereocenters. The summed E-state index contributed by atoms with van der Waals surface area (Å²) >= 11 is 1.97. The number of thioether (sulfide) groups is 1. The molecule has 2 heteroatoms. The minimum Gasteiger partial charge on any atom is -0.314 e. The molecule has 0 aromatic carbocycles. The van der Waals surface area contributed by atoms with Crippen molar-refractivity contribution in [2.24, 2.45) is 5.92 Å². The Bertz CT molecular complexity index is 149. The lowest BCUT2D eigenvalue weighted by atomic mass is 10.1. The molecule has 0 spiro atoms. The first kappa shape index (κ1) is 12.4. The molecule has 0 aromatic rings. The number of rotatable bonds is 6. The average molecular weight is 215 g/mol. The van der Waals surface area contributed by atoms with Crippen molar-refractivity contribution in [3.63, 3.8) is 0 Å². The molecule has 1 rings (SSSR count). The normalized spacial score (nSPS) is 29.4. The number of hydrogen-bond donors (Lipinski definition) is 1. The van der Waals surface area contributed by atoms with Crippen LogP contribution in [0.3, 0.4) is 0 Å². The smallest absolute Gasteiger partial charge is 0.00698 e. The Morgan fingerprint density at radius 3 is 2.79 bits per heavy atom. The van der Waals surface area contributed by atoms with Crippen molar-refractivity contribution in [1.29, 1.82) is 0 Å². The molecule has 0 saturated heterocycles. The lowest BCUT2D eigenvalue weighted by Crippen LogP contribution is -2.28. The molecule has 0 bridgehead atoms. The minimum atomic E-state index is 0.811. The molecule has 0 aliphatic heterocycles. The summed E-state index contributed by atoms with van der Waals surface area (Å²) in [4.78, 5) is 0. The summed E-state index contributed by atoms with van der Waals surface area (Å²) in [6.07, 6.45) is 9.17. The fourth-order valence-corrected chi connectivity index (χ4v) is 2.59. The van der Waals surface area contributed by atoms with Crippen LogP contribution in [-0.2, 0) is 0 Å². The van der Waals surface area contributed by atoms with Gasteiger partial charge in [-0.25, -0.2) is 0 Å². The molecule has 14 heavy (non-hydrogen) atoms. The van der Waals surface area contributed by atoms with Crippen LogP contribution in [0.15, 0.2) is 0 Å². The van der Waals surface area contributed by atoms with Crippen LogP contribution >= 0.6 is 11.8 Å². The Kier molecular flexibility index (Phi) is 5.95. The zero-order valence-corrected chi connectivity index (χ0v) is 10.7. The molecule has 1 saturated carbocycles. The Hall–Kier alpha value is 0.310. The first-order chi connectivity index (χ1) is 6.76. The summed E-state index contributed by atoms with van der Waals surface area (Å²) in [6.45, 7) is 5.85. The first-order valence-electron chi connectivity index (χ1n) is 6.02. The zero-order valence-electron chi connectivity index (χ0n) is 9.88. The monoisotopic (exact) mass is 215 g/mol. The van der Waals surface area contributed by atoms with Gasteiger partial charge in [0, 0.05) is 11.3 Å². The van der Waals surface area contributed by atoms with Gasteiger partial charge in [-0.15, -0.1) is 0 Å². The summed E-state index contributed by atoms with van der Waals surface area (Å²) in [7, 11) is 0. The van der Waals surface area contributed by atoms with Crippen molar-refractivity contribution in [2.45, 2.75) is 57.2 Å². The van der Waals surface area contributed by atoms with Crippen LogP contribution in [0, 0.1) is 5.92 Å². The van der Waals surface area contributed by atoms with Crippen LogP contribution in [0.25, 0.3) is 0 Å². The van der Waals surface area contributed by atoms with Gasteiger partial charge in [0.2, 0.25) is 0 Å². The highest BCUT2D eigenvalue weighted by atomic mass is 32.2. The second-order valence-electron chi connectivity index (χ2n) is 4.57. The summed E-state index contributed by atoms with van der Waals surface area (Å²) < 4.78 is 0. The lowest BCUT2D eigenvalue weighted by Gasteiger charge is -2.14. The van der Waals surface area contributed by atoms with Crippen LogP contribution in [0.2, 0.25) is 0 Å². The van der Waals surface area contributed by atoms with E-state index in [1.165, 1.54) is 38.6 Å². The van der Waals surface area contributed by atoms with Gasteiger partial charge in [0.25, 0.3) is 0 Å². The molecular weight excluding hydrogens is 190 g/mol. The molecule has 1 fully saturated rings. The van der Waals surface area contributed by atoms with Crippen molar-refractivity contribution in [3.8, 4) is 0 Å². The quantitative estimate of drug-likeness (QED) is 0.729. The van der Waals surface area contributed by atoms with Gasteiger partial charge in [-0.1, -0.05) is 20.3 Å². The molecule has 1 aliphatic rings. The van der Waals surface area contributed by atoms with Gasteiger partial charge in [0.15, 0.2) is 0 Å². The second kappa shape index (κ2) is 6.73. The summed E-state index contributed by atoms with van der Waals surface area (Å²) in [5.74, 6) is 1.01. The van der Waals surface area contributed by atoms with Crippen LogP contribution in [-0.4, -0.2) is 24.1 Å². The predicted octanol–water partition coefficient (Wildman–Crippen LogP) is 3.30. The first-order valence-corrected chi connectivity index (χ1v) is 7.31. The Balaban J connectivity index is 2.03. The van der Waals surface area contributed by atoms with Crippen molar-refractivity contribution in [2.75, 3.05) is 12.8 Å². The molecule has 84 valence electrons. The van der Waals surface area contributed by atoms with E-state index in [1.54, 1.807) is 0 Å². The third kappa shape index (κ3) is 4.22. The molecule has 0 radical (unpaired) electrons. The summed E-state index contributed by atoms with van der Waals surface area (Å²) in [6, 6.07) is 0.828. The Labute approximate surface area is 93.4 Å². The van der Waals surface area contributed by atoms with E-state index in [0.717, 1.165) is 17.2 Å². The molecule has 1 nitrogen and oxygen atoms in total. The lowest BCUT2D eigenvalue weighted by molar-refractivity contribution is 0.473. The predicted molar refractivity (Wildman–Crippen MR) is 67.0 cm³/mol. The van der Waals surface area contributed by atoms with Gasteiger partial charge < -0.3 is 5.32 Å². The maximum absolute atomic E-state index is 3.70. The highest BCUT2D eigenvalue weighted by molar-refractivity contribution is 7.99. The maximum Gasteiger partial charge on any atom is 0.00698 e. The van der Waals surface area contributed by atoms with Gasteiger partial charge >= 0.3 is 0 Å². The molecule has 0 aromatic heterocycles. The minimum absolute atomic E-state index is 0.811. The van der Waals surface area contributed by atoms with E-state index in [0.29, 0.717) is 0 Å². The molecular formula is C12H25NS. The molecule has 1 aliphatic carbocycles. The van der Waals surface area contributed by atoms with Crippen LogP contribution in [0.4, 0.5) is 0 Å². The third-order valence-electron chi connectivity index (χ3n) is 3.50. The highest BCUT2D eigenvalue weighted by Gasteiger charge is 2.22. The van der Waals surface area contributed by atoms with E-state index in [9.17, 15) is 0 Å². The second-order valence-corrected chi connectivity index (χ2v) is 5.85. The van der Waals surface area contributed by atoms with E-state index >= 15 is 0 Å². The summed E-state index contributed by atoms with van der Waals surface area (Å²) in [5, 5.41) is 4.51. The Morgan fingerprint density at radius 2 is 2.21 bits per heavy atom. The van der Waals surface area contributed by atoms with Gasteiger partial charge in [-0.2, -0.15) is 11.8 Å². The summed E-state index contributed by atoms with van der Waals surface area (Å²) in [5.41, 5.74) is 0. The van der Waals surface area contributed by atoms with Gasteiger partial charge in [0.1, 0.15) is 0 Å². The van der Waals surface area contributed by atoms with E-state index in [2.05, 4.69) is 25.4 Å². The SMILES string of the molecule is CCC1CCC(NCCC(C)SC)C1. The fraction of sp³-hybridized carbons (Fsp3) is 1.00. The van der Waals surface area contributed by atoms with Crippen LogP contribution in [0.1, 0.15) is 46.0 Å². The van der Waals surface area contributed by atoms with E-state index < -0.39 is 0 Å². The van der Waals surface area contributed by atoms with E-state index in [4.69, 9.17) is 0 Å². The van der Waals surface area contributed by atoms with Crippen molar-refractivity contribution >= 4 is 11.8 Å². The van der Waals surface area contributed by atoms with Gasteiger partial charge in [-0.3, -0.25) is 0 Å².